The lowest BCUT2D eigenvalue weighted by Gasteiger charge is -2.20. The zero-order valence-corrected chi connectivity index (χ0v) is 14.4. The predicted molar refractivity (Wildman–Crippen MR) is 88.7 cm³/mol. The SMILES string of the molecule is CC1Cc2oc(=O)n(C)c2C=C1S(=O)(=O)Nc1ccc(F)c(Cl)c1. The van der Waals surface area contributed by atoms with Crippen molar-refractivity contribution in [3.05, 3.63) is 55.9 Å². The number of sulfonamides is 1. The largest absolute Gasteiger partial charge is 0.419 e. The van der Waals surface area contributed by atoms with E-state index < -0.39 is 21.6 Å². The monoisotopic (exact) mass is 372 g/mol. The zero-order chi connectivity index (χ0) is 17.6. The Balaban J connectivity index is 2.01. The van der Waals surface area contributed by atoms with Crippen molar-refractivity contribution in [1.29, 1.82) is 0 Å². The summed E-state index contributed by atoms with van der Waals surface area (Å²) in [5, 5.41) is -0.180. The van der Waals surface area contributed by atoms with E-state index in [1.54, 1.807) is 6.92 Å². The van der Waals surface area contributed by atoms with Crippen molar-refractivity contribution in [3.63, 3.8) is 0 Å². The molecule has 9 heteroatoms. The van der Waals surface area contributed by atoms with Gasteiger partial charge in [0.15, 0.2) is 0 Å². The normalized spacial score (nSPS) is 17.3. The molecule has 6 nitrogen and oxygen atoms in total. The maximum Gasteiger partial charge on any atom is 0.419 e. The smallest absolute Gasteiger partial charge is 0.412 e. The fourth-order valence-corrected chi connectivity index (χ4v) is 4.22. The van der Waals surface area contributed by atoms with Crippen LogP contribution in [0.1, 0.15) is 18.4 Å². The highest BCUT2D eigenvalue weighted by Gasteiger charge is 2.31. The van der Waals surface area contributed by atoms with E-state index >= 15 is 0 Å². The maximum absolute atomic E-state index is 13.2. The van der Waals surface area contributed by atoms with Crippen LogP contribution in [0.15, 0.2) is 32.3 Å². The van der Waals surface area contributed by atoms with Gasteiger partial charge in [0.2, 0.25) is 0 Å². The number of hydrogen-bond acceptors (Lipinski definition) is 4. The van der Waals surface area contributed by atoms with Crippen molar-refractivity contribution in [1.82, 2.24) is 4.57 Å². The van der Waals surface area contributed by atoms with Crippen LogP contribution in [-0.4, -0.2) is 13.0 Å². The quantitative estimate of drug-likeness (QED) is 0.898. The highest BCUT2D eigenvalue weighted by Crippen LogP contribution is 2.32. The standard InChI is InChI=1S/C15H14ClFN2O4S/c1-8-5-13-12(19(2)15(20)23-13)7-14(8)24(21,22)18-9-3-4-11(17)10(16)6-9/h3-4,6-8,18H,5H2,1-2H3. The van der Waals surface area contributed by atoms with Crippen molar-refractivity contribution in [2.45, 2.75) is 13.3 Å². The minimum Gasteiger partial charge on any atom is -0.412 e. The van der Waals surface area contributed by atoms with Crippen LogP contribution < -0.4 is 10.5 Å². The third-order valence-electron chi connectivity index (χ3n) is 3.87. The summed E-state index contributed by atoms with van der Waals surface area (Å²) in [5.41, 5.74) is 0.581. The van der Waals surface area contributed by atoms with Gasteiger partial charge in [0.05, 0.1) is 21.3 Å². The highest BCUT2D eigenvalue weighted by molar-refractivity contribution is 7.96. The molecule has 0 saturated heterocycles. The fourth-order valence-electron chi connectivity index (χ4n) is 2.61. The van der Waals surface area contributed by atoms with E-state index in [9.17, 15) is 17.6 Å². The van der Waals surface area contributed by atoms with Gasteiger partial charge in [-0.05, 0) is 24.3 Å². The lowest BCUT2D eigenvalue weighted by Crippen LogP contribution is -2.23. The first-order chi connectivity index (χ1) is 11.2. The number of fused-ring (bicyclic) bond motifs is 1. The first-order valence-corrected chi connectivity index (χ1v) is 8.93. The second-order valence-electron chi connectivity index (χ2n) is 5.62. The van der Waals surface area contributed by atoms with Crippen LogP contribution >= 0.6 is 11.6 Å². The van der Waals surface area contributed by atoms with E-state index in [-0.39, 0.29) is 21.5 Å². The summed E-state index contributed by atoms with van der Waals surface area (Å²) in [7, 11) is -2.38. The molecule has 1 heterocycles. The summed E-state index contributed by atoms with van der Waals surface area (Å²) >= 11 is 5.67. The Hall–Kier alpha value is -2.06. The van der Waals surface area contributed by atoms with Crippen molar-refractivity contribution in [2.24, 2.45) is 13.0 Å². The van der Waals surface area contributed by atoms with Crippen LogP contribution in [0.5, 0.6) is 0 Å². The molecular weight excluding hydrogens is 359 g/mol. The van der Waals surface area contributed by atoms with Gasteiger partial charge in [-0.15, -0.1) is 0 Å². The van der Waals surface area contributed by atoms with E-state index in [1.165, 1.54) is 29.8 Å². The molecule has 1 aliphatic carbocycles. The zero-order valence-electron chi connectivity index (χ0n) is 12.8. The minimum atomic E-state index is -3.89. The Morgan fingerprint density at radius 1 is 1.42 bits per heavy atom. The number of oxazole rings is 1. The molecule has 1 N–H and O–H groups in total. The van der Waals surface area contributed by atoms with Crippen LogP contribution in [0.3, 0.4) is 0 Å². The Labute approximate surface area is 142 Å². The lowest BCUT2D eigenvalue weighted by molar-refractivity contribution is 0.438. The summed E-state index contributed by atoms with van der Waals surface area (Å²) in [4.78, 5) is 11.7. The number of hydrogen-bond donors (Lipinski definition) is 1. The molecule has 0 radical (unpaired) electrons. The van der Waals surface area contributed by atoms with E-state index in [1.807, 2.05) is 0 Å². The summed E-state index contributed by atoms with van der Waals surface area (Å²) in [6.07, 6.45) is 1.71. The Kier molecular flexibility index (Phi) is 4.05. The van der Waals surface area contributed by atoms with E-state index in [0.717, 1.165) is 6.07 Å². The molecule has 1 unspecified atom stereocenters. The maximum atomic E-state index is 13.2. The molecule has 0 spiro atoms. The van der Waals surface area contributed by atoms with Crippen molar-refractivity contribution >= 4 is 33.4 Å². The molecule has 128 valence electrons. The van der Waals surface area contributed by atoms with Crippen molar-refractivity contribution in [3.8, 4) is 0 Å². The van der Waals surface area contributed by atoms with Crippen LogP contribution in [0.25, 0.3) is 6.08 Å². The number of nitrogens with one attached hydrogen (secondary N) is 1. The third kappa shape index (κ3) is 2.87. The minimum absolute atomic E-state index is 0.117. The van der Waals surface area contributed by atoms with Gasteiger partial charge < -0.3 is 4.42 Å². The average molecular weight is 373 g/mol. The van der Waals surface area contributed by atoms with E-state index in [4.69, 9.17) is 16.0 Å². The van der Waals surface area contributed by atoms with Crippen molar-refractivity contribution in [2.75, 3.05) is 4.72 Å². The molecule has 0 aliphatic heterocycles. The average Bonchev–Trinajstić information content (AvgIpc) is 2.76. The number of aromatic nitrogens is 1. The van der Waals surface area contributed by atoms with Crippen LogP contribution in [0.4, 0.5) is 10.1 Å². The lowest BCUT2D eigenvalue weighted by atomic mass is 9.99. The van der Waals surface area contributed by atoms with E-state index in [2.05, 4.69) is 4.72 Å². The number of anilines is 1. The molecular formula is C15H14ClFN2O4S. The second kappa shape index (κ2) is 5.78. The number of allylic oxidation sites excluding steroid dienone is 1. The molecule has 1 aromatic carbocycles. The number of nitrogens with zero attached hydrogens (tertiary/aromatic N) is 1. The van der Waals surface area contributed by atoms with Gasteiger partial charge in [-0.2, -0.15) is 0 Å². The molecule has 0 amide bonds. The van der Waals surface area contributed by atoms with Crippen LogP contribution in [0.2, 0.25) is 5.02 Å². The summed E-state index contributed by atoms with van der Waals surface area (Å²) in [6.45, 7) is 1.72. The van der Waals surface area contributed by atoms with Crippen LogP contribution in [-0.2, 0) is 23.5 Å². The molecule has 1 atom stereocenters. The second-order valence-corrected chi connectivity index (χ2v) is 7.71. The van der Waals surface area contributed by atoms with Gasteiger partial charge in [-0.3, -0.25) is 9.29 Å². The van der Waals surface area contributed by atoms with Gasteiger partial charge in [0.25, 0.3) is 10.0 Å². The first kappa shape index (κ1) is 16.8. The topological polar surface area (TPSA) is 81.3 Å². The van der Waals surface area contributed by atoms with Gasteiger partial charge >= 0.3 is 5.76 Å². The number of halogens is 2. The fraction of sp³-hybridized carbons (Fsp3) is 0.267. The highest BCUT2D eigenvalue weighted by atomic mass is 35.5. The summed E-state index contributed by atoms with van der Waals surface area (Å²) < 4.78 is 47.2. The van der Waals surface area contributed by atoms with Gasteiger partial charge in [-0.25, -0.2) is 17.6 Å². The molecule has 1 aromatic heterocycles. The molecule has 0 fully saturated rings. The molecule has 2 aromatic rings. The van der Waals surface area contributed by atoms with Crippen LogP contribution in [0, 0.1) is 11.7 Å². The molecule has 24 heavy (non-hydrogen) atoms. The van der Waals surface area contributed by atoms with E-state index in [0.29, 0.717) is 17.9 Å². The molecule has 0 saturated carbocycles. The summed E-state index contributed by atoms with van der Waals surface area (Å²) in [6, 6.07) is 3.56. The Morgan fingerprint density at radius 3 is 2.79 bits per heavy atom. The molecule has 0 bridgehead atoms. The third-order valence-corrected chi connectivity index (χ3v) is 5.80. The number of benzene rings is 1. The van der Waals surface area contributed by atoms with Gasteiger partial charge in [0.1, 0.15) is 11.6 Å². The summed E-state index contributed by atoms with van der Waals surface area (Å²) in [5.74, 6) is -1.10. The first-order valence-electron chi connectivity index (χ1n) is 7.07. The van der Waals surface area contributed by atoms with Crippen molar-refractivity contribution < 1.29 is 17.2 Å². The molecule has 3 rings (SSSR count). The van der Waals surface area contributed by atoms with Gasteiger partial charge in [0, 0.05) is 19.4 Å². The Morgan fingerprint density at radius 2 is 2.12 bits per heavy atom. The molecule has 1 aliphatic rings. The van der Waals surface area contributed by atoms with Gasteiger partial charge in [-0.1, -0.05) is 18.5 Å². The number of rotatable bonds is 3. The Bertz CT molecular complexity index is 1010. The predicted octanol–water partition coefficient (Wildman–Crippen LogP) is 2.75.